The number of nitrogens with zero attached hydrogens (tertiary/aromatic N) is 3. The van der Waals surface area contributed by atoms with Crippen molar-refractivity contribution >= 4 is 29.3 Å². The Morgan fingerprint density at radius 1 is 1.03 bits per heavy atom. The molecule has 0 bridgehead atoms. The molecule has 0 aliphatic carbocycles. The van der Waals surface area contributed by atoms with Crippen molar-refractivity contribution < 1.29 is 19.1 Å². The highest BCUT2D eigenvalue weighted by molar-refractivity contribution is 6.02. The number of imide groups is 1. The highest BCUT2D eigenvalue weighted by atomic mass is 16.6. The van der Waals surface area contributed by atoms with Gasteiger partial charge in [0.25, 0.3) is 0 Å². The van der Waals surface area contributed by atoms with Crippen LogP contribution in [0.15, 0.2) is 18.2 Å². The minimum absolute atomic E-state index is 0.177. The van der Waals surface area contributed by atoms with Crippen LogP contribution >= 0.6 is 0 Å². The van der Waals surface area contributed by atoms with Gasteiger partial charge in [-0.15, -0.1) is 0 Å². The smallest absolute Gasteiger partial charge is 0.410 e. The molecule has 178 valence electrons. The van der Waals surface area contributed by atoms with Crippen LogP contribution in [-0.4, -0.2) is 66.7 Å². The van der Waals surface area contributed by atoms with Gasteiger partial charge in [0, 0.05) is 55.6 Å². The fourth-order valence-corrected chi connectivity index (χ4v) is 5.99. The van der Waals surface area contributed by atoms with Crippen LogP contribution in [0.2, 0.25) is 0 Å². The van der Waals surface area contributed by atoms with E-state index in [1.165, 1.54) is 11.3 Å². The lowest BCUT2D eigenvalue weighted by Crippen LogP contribution is -2.52. The maximum Gasteiger partial charge on any atom is 0.410 e. The Bertz CT molecular complexity index is 972. The number of carbonyl (C=O) groups is 3. The maximum atomic E-state index is 12.7. The molecule has 0 unspecified atom stereocenters. The first-order valence-corrected chi connectivity index (χ1v) is 12.2. The molecule has 3 saturated heterocycles. The number of ether oxygens (including phenoxy) is 1. The Morgan fingerprint density at radius 3 is 2.58 bits per heavy atom. The third-order valence-corrected chi connectivity index (χ3v) is 7.43. The molecule has 0 radical (unpaired) electrons. The molecule has 1 aromatic rings. The number of hydrogen-bond donors (Lipinski definition) is 1. The van der Waals surface area contributed by atoms with E-state index in [-0.39, 0.29) is 30.0 Å². The summed E-state index contributed by atoms with van der Waals surface area (Å²) in [6, 6.07) is 6.33. The van der Waals surface area contributed by atoms with E-state index >= 15 is 0 Å². The number of benzene rings is 1. The zero-order chi connectivity index (χ0) is 23.3. The van der Waals surface area contributed by atoms with Gasteiger partial charge in [0.15, 0.2) is 0 Å². The molecular weight excluding hydrogens is 420 g/mol. The quantitative estimate of drug-likeness (QED) is 0.692. The number of carbonyl (C=O) groups excluding carboxylic acids is 3. The van der Waals surface area contributed by atoms with Crippen molar-refractivity contribution in [1.82, 2.24) is 10.2 Å². The molecule has 8 nitrogen and oxygen atoms in total. The van der Waals surface area contributed by atoms with Crippen molar-refractivity contribution in [3.8, 4) is 0 Å². The molecule has 33 heavy (non-hydrogen) atoms. The first-order chi connectivity index (χ1) is 15.7. The van der Waals surface area contributed by atoms with Crippen LogP contribution in [0, 0.1) is 5.92 Å². The summed E-state index contributed by atoms with van der Waals surface area (Å²) in [6.45, 7) is 9.12. The van der Waals surface area contributed by atoms with Crippen molar-refractivity contribution in [1.29, 1.82) is 0 Å². The van der Waals surface area contributed by atoms with Crippen molar-refractivity contribution in [3.63, 3.8) is 0 Å². The van der Waals surface area contributed by atoms with Gasteiger partial charge in [0.1, 0.15) is 11.6 Å². The molecular formula is C25H34N4O4. The Morgan fingerprint density at radius 2 is 1.82 bits per heavy atom. The molecule has 0 aromatic heterocycles. The highest BCUT2D eigenvalue weighted by Gasteiger charge is 2.43. The molecule has 0 saturated carbocycles. The summed E-state index contributed by atoms with van der Waals surface area (Å²) in [5.41, 5.74) is 3.18. The van der Waals surface area contributed by atoms with Gasteiger partial charge in [0.2, 0.25) is 11.8 Å². The van der Waals surface area contributed by atoms with Crippen LogP contribution in [0.5, 0.6) is 0 Å². The summed E-state index contributed by atoms with van der Waals surface area (Å²) < 4.78 is 5.64. The zero-order valence-corrected chi connectivity index (χ0v) is 19.8. The molecule has 1 N–H and O–H groups in total. The lowest BCUT2D eigenvalue weighted by Gasteiger charge is -2.40. The SMILES string of the molecule is CC(C)(C)OC(=O)N1CC[C@H]2CN(c3cccc4c3CCN4[C@H]3CCC(=O)NC3=O)CC[C@H]21. The predicted molar refractivity (Wildman–Crippen MR) is 125 cm³/mol. The van der Waals surface area contributed by atoms with Crippen LogP contribution in [0.3, 0.4) is 0 Å². The first kappa shape index (κ1) is 22.0. The normalized spacial score (nSPS) is 27.4. The second kappa shape index (κ2) is 8.22. The third kappa shape index (κ3) is 4.15. The van der Waals surface area contributed by atoms with Crippen LogP contribution in [0.25, 0.3) is 0 Å². The van der Waals surface area contributed by atoms with Crippen LogP contribution < -0.4 is 15.1 Å². The molecule has 4 heterocycles. The third-order valence-electron chi connectivity index (χ3n) is 7.43. The lowest BCUT2D eigenvalue weighted by atomic mass is 9.92. The van der Waals surface area contributed by atoms with Crippen molar-refractivity contribution in [2.75, 3.05) is 36.0 Å². The van der Waals surface area contributed by atoms with E-state index in [0.29, 0.717) is 18.8 Å². The molecule has 0 spiro atoms. The number of piperidine rings is 2. The van der Waals surface area contributed by atoms with E-state index in [0.717, 1.165) is 51.1 Å². The number of amides is 3. The minimum Gasteiger partial charge on any atom is -0.444 e. The summed E-state index contributed by atoms with van der Waals surface area (Å²) in [6.07, 6.45) is 3.61. The highest BCUT2D eigenvalue weighted by Crippen LogP contribution is 2.41. The molecule has 8 heteroatoms. The fraction of sp³-hybridized carbons (Fsp3) is 0.640. The summed E-state index contributed by atoms with van der Waals surface area (Å²) >= 11 is 0. The molecule has 1 aromatic carbocycles. The number of likely N-dealkylation sites (tertiary alicyclic amines) is 1. The van der Waals surface area contributed by atoms with E-state index in [1.54, 1.807) is 0 Å². The Hall–Kier alpha value is -2.77. The van der Waals surface area contributed by atoms with Gasteiger partial charge in [-0.05, 0) is 64.5 Å². The molecule has 4 aliphatic heterocycles. The Labute approximate surface area is 195 Å². The second-order valence-electron chi connectivity index (χ2n) is 10.7. The van der Waals surface area contributed by atoms with Gasteiger partial charge in [-0.1, -0.05) is 6.07 Å². The summed E-state index contributed by atoms with van der Waals surface area (Å²) in [4.78, 5) is 43.3. The Balaban J connectivity index is 1.30. The molecule has 3 atom stereocenters. The van der Waals surface area contributed by atoms with Gasteiger partial charge >= 0.3 is 6.09 Å². The molecule has 4 aliphatic rings. The topological polar surface area (TPSA) is 82.2 Å². The van der Waals surface area contributed by atoms with E-state index in [4.69, 9.17) is 4.74 Å². The summed E-state index contributed by atoms with van der Waals surface area (Å²) in [5, 5.41) is 2.50. The van der Waals surface area contributed by atoms with Crippen molar-refractivity contribution in [3.05, 3.63) is 23.8 Å². The molecule has 5 rings (SSSR count). The summed E-state index contributed by atoms with van der Waals surface area (Å²) in [5.74, 6) is 0.0811. The number of fused-ring (bicyclic) bond motifs is 2. The number of rotatable bonds is 2. The number of hydrogen-bond acceptors (Lipinski definition) is 6. The summed E-state index contributed by atoms with van der Waals surface area (Å²) in [7, 11) is 0. The molecule has 3 fully saturated rings. The number of nitrogens with one attached hydrogen (secondary N) is 1. The van der Waals surface area contributed by atoms with Crippen molar-refractivity contribution in [2.24, 2.45) is 5.92 Å². The van der Waals surface area contributed by atoms with Gasteiger partial charge in [-0.2, -0.15) is 0 Å². The first-order valence-electron chi connectivity index (χ1n) is 12.2. The lowest BCUT2D eigenvalue weighted by molar-refractivity contribution is -0.134. The van der Waals surface area contributed by atoms with Crippen LogP contribution in [0.4, 0.5) is 16.2 Å². The van der Waals surface area contributed by atoms with Crippen LogP contribution in [-0.2, 0) is 20.7 Å². The van der Waals surface area contributed by atoms with Gasteiger partial charge in [-0.25, -0.2) is 4.79 Å². The predicted octanol–water partition coefficient (Wildman–Crippen LogP) is 2.69. The van der Waals surface area contributed by atoms with Crippen molar-refractivity contribution in [2.45, 2.75) is 70.6 Å². The average Bonchev–Trinajstić information content (AvgIpc) is 3.36. The van der Waals surface area contributed by atoms with Gasteiger partial charge < -0.3 is 19.4 Å². The molecule has 3 amide bonds. The van der Waals surface area contributed by atoms with E-state index in [2.05, 4.69) is 33.3 Å². The van der Waals surface area contributed by atoms with E-state index in [1.807, 2.05) is 25.7 Å². The average molecular weight is 455 g/mol. The maximum absolute atomic E-state index is 12.7. The van der Waals surface area contributed by atoms with Crippen LogP contribution in [0.1, 0.15) is 52.0 Å². The fourth-order valence-electron chi connectivity index (χ4n) is 5.99. The number of anilines is 2. The standard InChI is InChI=1S/C25H34N4O4/c1-25(2,3)33-24(32)29-13-9-16-15-27(12-11-18(16)29)19-5-4-6-20-17(19)10-14-28(20)21-7-8-22(30)26-23(21)31/h4-6,16,18,21H,7-15H2,1-3H3,(H,26,30,31)/t16-,18+,21-/m0/s1. The van der Waals surface area contributed by atoms with E-state index in [9.17, 15) is 14.4 Å². The van der Waals surface area contributed by atoms with E-state index < -0.39 is 5.60 Å². The largest absolute Gasteiger partial charge is 0.444 e. The second-order valence-corrected chi connectivity index (χ2v) is 10.7. The van der Waals surface area contributed by atoms with Gasteiger partial charge in [0.05, 0.1) is 0 Å². The monoisotopic (exact) mass is 454 g/mol. The van der Waals surface area contributed by atoms with Gasteiger partial charge in [-0.3, -0.25) is 14.9 Å². The Kier molecular flexibility index (Phi) is 5.49. The minimum atomic E-state index is -0.477. The zero-order valence-electron chi connectivity index (χ0n) is 19.8.